The van der Waals surface area contributed by atoms with Gasteiger partial charge >= 0.3 is 0 Å². The molecule has 1 aromatic rings. The largest absolute Gasteiger partial charge is 0.495 e. The molecule has 0 radical (unpaired) electrons. The van der Waals surface area contributed by atoms with E-state index >= 15 is 0 Å². The van der Waals surface area contributed by atoms with Crippen LogP contribution >= 0.6 is 0 Å². The van der Waals surface area contributed by atoms with E-state index in [-0.39, 0.29) is 16.9 Å². The fraction of sp³-hybridized carbons (Fsp3) is 0.625. The minimum absolute atomic E-state index is 0.128. The molecule has 1 atom stereocenters. The van der Waals surface area contributed by atoms with Crippen LogP contribution in [0.5, 0.6) is 5.75 Å². The maximum absolute atomic E-state index is 12.4. The summed E-state index contributed by atoms with van der Waals surface area (Å²) in [6, 6.07) is 3.32. The molecule has 126 valence electrons. The van der Waals surface area contributed by atoms with Crippen LogP contribution in [-0.2, 0) is 10.0 Å². The number of sulfonamides is 1. The third kappa shape index (κ3) is 4.69. The second-order valence-corrected chi connectivity index (χ2v) is 8.39. The van der Waals surface area contributed by atoms with Crippen LogP contribution in [0.2, 0.25) is 0 Å². The Morgan fingerprint density at radius 3 is 2.27 bits per heavy atom. The minimum Gasteiger partial charge on any atom is -0.495 e. The standard InChI is InChI=1S/C16H27NO4S/c1-11-9-13(21-6)14(10-12(11)2)22(19,20)17-8-7-15(18)16(3,4)5/h9-10,15,17-18H,7-8H2,1-6H3. The molecule has 0 aromatic heterocycles. The number of aliphatic hydroxyl groups is 1. The molecule has 0 fully saturated rings. The van der Waals surface area contributed by atoms with Crippen molar-refractivity contribution in [2.75, 3.05) is 13.7 Å². The van der Waals surface area contributed by atoms with E-state index in [1.165, 1.54) is 7.11 Å². The minimum atomic E-state index is -3.67. The van der Waals surface area contributed by atoms with Gasteiger partial charge in [0.05, 0.1) is 13.2 Å². The van der Waals surface area contributed by atoms with E-state index in [1.54, 1.807) is 12.1 Å². The summed E-state index contributed by atoms with van der Waals surface area (Å²) in [6.45, 7) is 9.69. The van der Waals surface area contributed by atoms with E-state index in [0.717, 1.165) is 11.1 Å². The summed E-state index contributed by atoms with van der Waals surface area (Å²) < 4.78 is 32.6. The number of aryl methyl sites for hydroxylation is 2. The second-order valence-electron chi connectivity index (χ2n) is 6.66. The molecule has 0 amide bonds. The Bertz CT molecular complexity index is 618. The van der Waals surface area contributed by atoms with Gasteiger partial charge in [-0.15, -0.1) is 0 Å². The van der Waals surface area contributed by atoms with Crippen molar-refractivity contribution < 1.29 is 18.3 Å². The molecule has 0 aliphatic heterocycles. The molecule has 22 heavy (non-hydrogen) atoms. The molecule has 2 N–H and O–H groups in total. The third-order valence-corrected chi connectivity index (χ3v) is 5.26. The van der Waals surface area contributed by atoms with Gasteiger partial charge in [0.25, 0.3) is 0 Å². The zero-order valence-corrected chi connectivity index (χ0v) is 15.0. The maximum atomic E-state index is 12.4. The smallest absolute Gasteiger partial charge is 0.244 e. The Morgan fingerprint density at radius 2 is 1.77 bits per heavy atom. The van der Waals surface area contributed by atoms with Crippen LogP contribution in [0, 0.1) is 19.3 Å². The van der Waals surface area contributed by atoms with Gasteiger partial charge in [0, 0.05) is 6.54 Å². The fourth-order valence-corrected chi connectivity index (χ4v) is 3.25. The van der Waals surface area contributed by atoms with Crippen molar-refractivity contribution in [3.8, 4) is 5.75 Å². The fourth-order valence-electron chi connectivity index (χ4n) is 1.97. The van der Waals surface area contributed by atoms with E-state index in [2.05, 4.69) is 4.72 Å². The first kappa shape index (κ1) is 18.9. The van der Waals surface area contributed by atoms with Crippen LogP contribution in [0.4, 0.5) is 0 Å². The Kier molecular flexibility index (Phi) is 6.01. The molecule has 1 aromatic carbocycles. The highest BCUT2D eigenvalue weighted by molar-refractivity contribution is 7.89. The molecule has 0 bridgehead atoms. The Hall–Kier alpha value is -1.11. The van der Waals surface area contributed by atoms with E-state index in [4.69, 9.17) is 4.74 Å². The van der Waals surface area contributed by atoms with Gasteiger partial charge in [-0.05, 0) is 48.9 Å². The number of hydrogen-bond donors (Lipinski definition) is 2. The number of benzene rings is 1. The first-order valence-corrected chi connectivity index (χ1v) is 8.80. The molecular weight excluding hydrogens is 302 g/mol. The van der Waals surface area contributed by atoms with E-state index in [9.17, 15) is 13.5 Å². The summed E-state index contributed by atoms with van der Waals surface area (Å²) in [5.74, 6) is 0.326. The number of ether oxygens (including phenoxy) is 1. The molecule has 0 saturated heterocycles. The molecule has 0 heterocycles. The van der Waals surface area contributed by atoms with Crippen LogP contribution in [0.3, 0.4) is 0 Å². The molecule has 0 saturated carbocycles. The molecule has 0 aliphatic carbocycles. The van der Waals surface area contributed by atoms with E-state index in [1.807, 2.05) is 34.6 Å². The lowest BCUT2D eigenvalue weighted by molar-refractivity contribution is 0.0571. The maximum Gasteiger partial charge on any atom is 0.244 e. The van der Waals surface area contributed by atoms with Crippen molar-refractivity contribution in [3.63, 3.8) is 0 Å². The highest BCUT2D eigenvalue weighted by atomic mass is 32.2. The second kappa shape index (κ2) is 6.98. The number of aliphatic hydroxyl groups excluding tert-OH is 1. The SMILES string of the molecule is COc1cc(C)c(C)cc1S(=O)(=O)NCCC(O)C(C)(C)C. The van der Waals surface area contributed by atoms with Crippen molar-refractivity contribution in [1.29, 1.82) is 0 Å². The summed E-state index contributed by atoms with van der Waals surface area (Å²) in [5, 5.41) is 9.97. The number of hydrogen-bond acceptors (Lipinski definition) is 4. The van der Waals surface area contributed by atoms with Crippen LogP contribution in [-0.4, -0.2) is 33.3 Å². The van der Waals surface area contributed by atoms with E-state index in [0.29, 0.717) is 12.2 Å². The zero-order valence-electron chi connectivity index (χ0n) is 14.2. The lowest BCUT2D eigenvalue weighted by Gasteiger charge is -2.25. The summed E-state index contributed by atoms with van der Waals surface area (Å²) in [6.07, 6.45) is -0.215. The van der Waals surface area contributed by atoms with Gasteiger partial charge in [-0.25, -0.2) is 13.1 Å². The van der Waals surface area contributed by atoms with Crippen molar-refractivity contribution in [3.05, 3.63) is 23.3 Å². The summed E-state index contributed by atoms with van der Waals surface area (Å²) in [5.41, 5.74) is 1.58. The van der Waals surface area contributed by atoms with Crippen molar-refractivity contribution in [2.45, 2.75) is 52.0 Å². The summed E-state index contributed by atoms with van der Waals surface area (Å²) >= 11 is 0. The topological polar surface area (TPSA) is 75.6 Å². The average Bonchev–Trinajstić information content (AvgIpc) is 2.39. The molecular formula is C16H27NO4S. The molecule has 1 rings (SSSR count). The van der Waals surface area contributed by atoms with Crippen LogP contribution in [0.1, 0.15) is 38.3 Å². The lowest BCUT2D eigenvalue weighted by Crippen LogP contribution is -2.32. The molecule has 6 heteroatoms. The lowest BCUT2D eigenvalue weighted by atomic mass is 9.87. The monoisotopic (exact) mass is 329 g/mol. The first-order chi connectivity index (χ1) is 9.99. The van der Waals surface area contributed by atoms with Crippen LogP contribution in [0.15, 0.2) is 17.0 Å². The van der Waals surface area contributed by atoms with Gasteiger partial charge in [0.1, 0.15) is 10.6 Å². The predicted octanol–water partition coefficient (Wildman–Crippen LogP) is 2.39. The van der Waals surface area contributed by atoms with Crippen LogP contribution < -0.4 is 9.46 Å². The van der Waals surface area contributed by atoms with Gasteiger partial charge in [-0.1, -0.05) is 20.8 Å². The number of rotatable bonds is 6. The highest BCUT2D eigenvalue weighted by Gasteiger charge is 2.24. The quantitative estimate of drug-likeness (QED) is 0.840. The number of methoxy groups -OCH3 is 1. The summed E-state index contributed by atoms with van der Waals surface area (Å²) in [4.78, 5) is 0.128. The first-order valence-electron chi connectivity index (χ1n) is 7.32. The Labute approximate surface area is 133 Å². The zero-order chi connectivity index (χ0) is 17.1. The van der Waals surface area contributed by atoms with Crippen molar-refractivity contribution in [1.82, 2.24) is 4.72 Å². The third-order valence-electron chi connectivity index (χ3n) is 3.78. The van der Waals surface area contributed by atoms with Crippen molar-refractivity contribution >= 4 is 10.0 Å². The van der Waals surface area contributed by atoms with Crippen molar-refractivity contribution in [2.24, 2.45) is 5.41 Å². The number of nitrogens with one attached hydrogen (secondary N) is 1. The molecule has 5 nitrogen and oxygen atoms in total. The molecule has 0 spiro atoms. The van der Waals surface area contributed by atoms with Gasteiger partial charge in [-0.2, -0.15) is 0 Å². The highest BCUT2D eigenvalue weighted by Crippen LogP contribution is 2.27. The Balaban J connectivity index is 2.90. The summed E-state index contributed by atoms with van der Waals surface area (Å²) in [7, 11) is -2.22. The Morgan fingerprint density at radius 1 is 1.23 bits per heavy atom. The normalized spacial score (nSPS) is 14.0. The van der Waals surface area contributed by atoms with Gasteiger partial charge in [0.2, 0.25) is 10.0 Å². The average molecular weight is 329 g/mol. The van der Waals surface area contributed by atoms with Gasteiger partial charge in [-0.3, -0.25) is 0 Å². The molecule has 0 aliphatic rings. The van der Waals surface area contributed by atoms with Crippen LogP contribution in [0.25, 0.3) is 0 Å². The molecule has 1 unspecified atom stereocenters. The van der Waals surface area contributed by atoms with E-state index < -0.39 is 16.1 Å². The van der Waals surface area contributed by atoms with Gasteiger partial charge in [0.15, 0.2) is 0 Å². The predicted molar refractivity (Wildman–Crippen MR) is 87.7 cm³/mol. The van der Waals surface area contributed by atoms with Gasteiger partial charge < -0.3 is 9.84 Å².